The summed E-state index contributed by atoms with van der Waals surface area (Å²) in [6.07, 6.45) is 1.94. The first kappa shape index (κ1) is 20.1. The van der Waals surface area contributed by atoms with Crippen molar-refractivity contribution in [3.63, 3.8) is 0 Å². The summed E-state index contributed by atoms with van der Waals surface area (Å²) in [7, 11) is 0. The van der Waals surface area contributed by atoms with Gasteiger partial charge in [0.1, 0.15) is 11.2 Å². The predicted octanol–water partition coefficient (Wildman–Crippen LogP) is 2.78. The number of aliphatic hydroxyl groups excluding tert-OH is 1. The topological polar surface area (TPSA) is 77.8 Å². The first-order chi connectivity index (χ1) is 12.2. The second-order valence-corrected chi connectivity index (χ2v) is 7.21. The standard InChI is InChI=1S/C20H26FNO4/c1-14(2)5-3-8-18(24)22-10-9-17(23)20(13-22,19(25)26)12-15-6-4-7-16(21)11-15/h4-7,11,17,23H,3,8-10,12-13H2,1-2H3,(H,25,26)/t17-,20-/m1/s1. The van der Waals surface area contributed by atoms with Crippen molar-refractivity contribution in [2.24, 2.45) is 5.41 Å². The number of piperidine rings is 1. The van der Waals surface area contributed by atoms with Crippen molar-refractivity contribution >= 4 is 11.9 Å². The number of likely N-dealkylation sites (tertiary alicyclic amines) is 1. The minimum Gasteiger partial charge on any atom is -0.481 e. The summed E-state index contributed by atoms with van der Waals surface area (Å²) in [5, 5.41) is 20.3. The SMILES string of the molecule is CC(C)=CCCC(=O)N1CC[C@@H](O)[C@](Cc2cccc(F)c2)(C(=O)O)C1. The molecular formula is C20H26FNO4. The first-order valence-corrected chi connectivity index (χ1v) is 8.81. The van der Waals surface area contributed by atoms with E-state index in [1.807, 2.05) is 19.9 Å². The highest BCUT2D eigenvalue weighted by Gasteiger charge is 2.50. The number of carbonyl (C=O) groups is 2. The minimum atomic E-state index is -1.53. The van der Waals surface area contributed by atoms with Gasteiger partial charge in [0.25, 0.3) is 0 Å². The predicted molar refractivity (Wildman–Crippen MR) is 96.0 cm³/mol. The lowest BCUT2D eigenvalue weighted by atomic mass is 9.72. The molecule has 1 aliphatic heterocycles. The Morgan fingerprint density at radius 1 is 1.38 bits per heavy atom. The number of hydrogen-bond acceptors (Lipinski definition) is 3. The quantitative estimate of drug-likeness (QED) is 0.762. The summed E-state index contributed by atoms with van der Waals surface area (Å²) in [6, 6.07) is 5.70. The zero-order chi connectivity index (χ0) is 19.3. The van der Waals surface area contributed by atoms with Gasteiger partial charge < -0.3 is 15.1 Å². The fraction of sp³-hybridized carbons (Fsp3) is 0.500. The van der Waals surface area contributed by atoms with Gasteiger partial charge in [-0.25, -0.2) is 4.39 Å². The molecule has 2 rings (SSSR count). The Hall–Kier alpha value is -2.21. The monoisotopic (exact) mass is 363 g/mol. The molecule has 1 saturated heterocycles. The zero-order valence-corrected chi connectivity index (χ0v) is 15.2. The number of amides is 1. The van der Waals surface area contributed by atoms with E-state index in [0.29, 0.717) is 24.9 Å². The van der Waals surface area contributed by atoms with Crippen molar-refractivity contribution < 1.29 is 24.2 Å². The van der Waals surface area contributed by atoms with Crippen LogP contribution in [0, 0.1) is 11.2 Å². The van der Waals surface area contributed by atoms with Crippen molar-refractivity contribution in [3.05, 3.63) is 47.3 Å². The molecule has 0 bridgehead atoms. The molecule has 0 spiro atoms. The smallest absolute Gasteiger partial charge is 0.314 e. The van der Waals surface area contributed by atoms with Crippen LogP contribution in [-0.2, 0) is 16.0 Å². The van der Waals surface area contributed by atoms with Crippen molar-refractivity contribution in [2.75, 3.05) is 13.1 Å². The number of nitrogens with zero attached hydrogens (tertiary/aromatic N) is 1. The molecule has 0 aliphatic carbocycles. The van der Waals surface area contributed by atoms with Gasteiger partial charge in [-0.2, -0.15) is 0 Å². The highest BCUT2D eigenvalue weighted by molar-refractivity contribution is 5.80. The van der Waals surface area contributed by atoms with Crippen molar-refractivity contribution in [3.8, 4) is 0 Å². The van der Waals surface area contributed by atoms with Gasteiger partial charge in [-0.05, 0) is 50.8 Å². The number of hydrogen-bond donors (Lipinski definition) is 2. The Balaban J connectivity index is 2.19. The molecule has 0 saturated carbocycles. The number of carbonyl (C=O) groups excluding carboxylic acids is 1. The average Bonchev–Trinajstić information content (AvgIpc) is 2.56. The van der Waals surface area contributed by atoms with E-state index in [2.05, 4.69) is 0 Å². The molecule has 2 N–H and O–H groups in total. The summed E-state index contributed by atoms with van der Waals surface area (Å²) >= 11 is 0. The van der Waals surface area contributed by atoms with E-state index in [1.165, 1.54) is 23.1 Å². The summed E-state index contributed by atoms with van der Waals surface area (Å²) in [4.78, 5) is 26.0. The van der Waals surface area contributed by atoms with Gasteiger partial charge >= 0.3 is 5.97 Å². The van der Waals surface area contributed by atoms with Crippen molar-refractivity contribution in [2.45, 2.75) is 45.6 Å². The third kappa shape index (κ3) is 4.69. The Labute approximate surface area is 153 Å². The third-order valence-electron chi connectivity index (χ3n) is 4.88. The Morgan fingerprint density at radius 2 is 2.12 bits per heavy atom. The maximum atomic E-state index is 13.5. The van der Waals surface area contributed by atoms with Crippen LogP contribution in [0.2, 0.25) is 0 Å². The number of carboxylic acids is 1. The van der Waals surface area contributed by atoms with Gasteiger partial charge in [0.05, 0.1) is 6.10 Å². The largest absolute Gasteiger partial charge is 0.481 e. The van der Waals surface area contributed by atoms with E-state index < -0.39 is 23.3 Å². The summed E-state index contributed by atoms with van der Waals surface area (Å²) in [5.74, 6) is -1.75. The molecule has 1 aromatic carbocycles. The number of benzene rings is 1. The molecule has 142 valence electrons. The van der Waals surface area contributed by atoms with Gasteiger partial charge in [-0.15, -0.1) is 0 Å². The summed E-state index contributed by atoms with van der Waals surface area (Å²) in [5.41, 5.74) is 0.0845. The first-order valence-electron chi connectivity index (χ1n) is 8.81. The number of rotatable bonds is 6. The second-order valence-electron chi connectivity index (χ2n) is 7.21. The van der Waals surface area contributed by atoms with Crippen LogP contribution in [0.4, 0.5) is 4.39 Å². The molecule has 2 atom stereocenters. The molecule has 1 aliphatic rings. The van der Waals surface area contributed by atoms with Crippen LogP contribution >= 0.6 is 0 Å². The van der Waals surface area contributed by atoms with Gasteiger partial charge in [-0.1, -0.05) is 23.8 Å². The van der Waals surface area contributed by atoms with E-state index >= 15 is 0 Å². The van der Waals surface area contributed by atoms with Crippen molar-refractivity contribution in [1.29, 1.82) is 0 Å². The van der Waals surface area contributed by atoms with Gasteiger partial charge in [0, 0.05) is 19.5 Å². The lowest BCUT2D eigenvalue weighted by Crippen LogP contribution is -2.58. The number of carboxylic acid groups (broad SMARTS) is 1. The van der Waals surface area contributed by atoms with Crippen LogP contribution in [0.5, 0.6) is 0 Å². The maximum absolute atomic E-state index is 13.5. The van der Waals surface area contributed by atoms with Crippen LogP contribution in [0.25, 0.3) is 0 Å². The summed E-state index contributed by atoms with van der Waals surface area (Å²) in [6.45, 7) is 4.16. The third-order valence-corrected chi connectivity index (χ3v) is 4.88. The van der Waals surface area contributed by atoms with E-state index in [9.17, 15) is 24.2 Å². The van der Waals surface area contributed by atoms with E-state index in [0.717, 1.165) is 5.57 Å². The maximum Gasteiger partial charge on any atom is 0.314 e. The van der Waals surface area contributed by atoms with E-state index in [-0.39, 0.29) is 25.3 Å². The van der Waals surface area contributed by atoms with Crippen LogP contribution in [0.3, 0.4) is 0 Å². The Morgan fingerprint density at radius 3 is 2.73 bits per heavy atom. The normalized spacial score (nSPS) is 22.8. The molecule has 1 fully saturated rings. The Bertz CT molecular complexity index is 699. The van der Waals surface area contributed by atoms with Gasteiger partial charge in [0.15, 0.2) is 0 Å². The van der Waals surface area contributed by atoms with Gasteiger partial charge in [-0.3, -0.25) is 9.59 Å². The van der Waals surface area contributed by atoms with E-state index in [1.54, 1.807) is 6.07 Å². The fourth-order valence-electron chi connectivity index (χ4n) is 3.41. The molecule has 0 radical (unpaired) electrons. The van der Waals surface area contributed by atoms with E-state index in [4.69, 9.17) is 0 Å². The Kier molecular flexibility index (Phi) is 6.53. The molecular weight excluding hydrogens is 337 g/mol. The molecule has 5 nitrogen and oxygen atoms in total. The highest BCUT2D eigenvalue weighted by Crippen LogP contribution is 2.35. The molecule has 1 aromatic rings. The van der Waals surface area contributed by atoms with Crippen LogP contribution < -0.4 is 0 Å². The fourth-order valence-corrected chi connectivity index (χ4v) is 3.41. The lowest BCUT2D eigenvalue weighted by Gasteiger charge is -2.43. The van der Waals surface area contributed by atoms with Crippen LogP contribution in [0.1, 0.15) is 38.7 Å². The molecule has 0 aromatic heterocycles. The molecule has 0 unspecified atom stereocenters. The summed E-state index contributed by atoms with van der Waals surface area (Å²) < 4.78 is 13.5. The van der Waals surface area contributed by atoms with Crippen molar-refractivity contribution in [1.82, 2.24) is 4.90 Å². The minimum absolute atomic E-state index is 0.0288. The second kappa shape index (κ2) is 8.45. The van der Waals surface area contributed by atoms with Gasteiger partial charge in [0.2, 0.25) is 5.91 Å². The number of aliphatic carboxylic acids is 1. The number of aliphatic hydroxyl groups is 1. The molecule has 1 amide bonds. The molecule has 1 heterocycles. The molecule has 6 heteroatoms. The lowest BCUT2D eigenvalue weighted by molar-refractivity contribution is -0.165. The highest BCUT2D eigenvalue weighted by atomic mass is 19.1. The number of halogens is 1. The van der Waals surface area contributed by atoms with Crippen LogP contribution in [-0.4, -0.2) is 46.2 Å². The van der Waals surface area contributed by atoms with Crippen LogP contribution in [0.15, 0.2) is 35.9 Å². The zero-order valence-electron chi connectivity index (χ0n) is 15.2. The average molecular weight is 363 g/mol. The number of allylic oxidation sites excluding steroid dienone is 2. The molecule has 26 heavy (non-hydrogen) atoms.